The first-order valence-corrected chi connectivity index (χ1v) is 8.92. The van der Waals surface area contributed by atoms with E-state index in [4.69, 9.17) is 0 Å². The highest BCUT2D eigenvalue weighted by Gasteiger charge is 2.37. The second-order valence-corrected chi connectivity index (χ2v) is 7.18. The molecule has 1 heterocycles. The molecule has 29 heavy (non-hydrogen) atoms. The minimum absolute atomic E-state index is 0.0259. The SMILES string of the molecule is CN1/C(=C\C=N\NC(=O)Nc2cccc(C(F)(F)F)c2)C(C)(C)c2ccccc21. The van der Waals surface area contributed by atoms with Crippen LogP contribution in [0.3, 0.4) is 0 Å². The lowest BCUT2D eigenvalue weighted by atomic mass is 9.84. The molecule has 0 bridgehead atoms. The number of anilines is 2. The van der Waals surface area contributed by atoms with E-state index in [9.17, 15) is 18.0 Å². The van der Waals surface area contributed by atoms with Crippen LogP contribution in [0.4, 0.5) is 29.3 Å². The predicted molar refractivity (Wildman–Crippen MR) is 108 cm³/mol. The first-order chi connectivity index (χ1) is 13.6. The molecule has 0 saturated heterocycles. The molecular weight excluding hydrogens is 381 g/mol. The molecule has 5 nitrogen and oxygen atoms in total. The molecule has 3 rings (SSSR count). The molecule has 2 aromatic rings. The van der Waals surface area contributed by atoms with E-state index in [1.54, 1.807) is 6.08 Å². The van der Waals surface area contributed by atoms with Crippen molar-refractivity contribution in [3.63, 3.8) is 0 Å². The quantitative estimate of drug-likeness (QED) is 0.553. The van der Waals surface area contributed by atoms with Crippen molar-refractivity contribution in [1.82, 2.24) is 5.43 Å². The molecule has 2 N–H and O–H groups in total. The summed E-state index contributed by atoms with van der Waals surface area (Å²) in [6, 6.07) is 11.7. The summed E-state index contributed by atoms with van der Waals surface area (Å²) in [5, 5.41) is 6.18. The van der Waals surface area contributed by atoms with Crippen LogP contribution in [0.2, 0.25) is 0 Å². The van der Waals surface area contributed by atoms with Crippen molar-refractivity contribution >= 4 is 23.6 Å². The number of alkyl halides is 3. The van der Waals surface area contributed by atoms with Gasteiger partial charge in [0.25, 0.3) is 0 Å². The summed E-state index contributed by atoms with van der Waals surface area (Å²) in [5.41, 5.74) is 4.51. The fourth-order valence-electron chi connectivity index (χ4n) is 3.44. The number of allylic oxidation sites excluding steroid dienone is 2. The smallest absolute Gasteiger partial charge is 0.347 e. The number of carbonyl (C=O) groups excluding carboxylic acids is 1. The molecule has 0 atom stereocenters. The van der Waals surface area contributed by atoms with Crippen LogP contribution in [0.15, 0.2) is 65.4 Å². The van der Waals surface area contributed by atoms with Gasteiger partial charge in [0.15, 0.2) is 0 Å². The van der Waals surface area contributed by atoms with Crippen LogP contribution in [0.1, 0.15) is 25.0 Å². The van der Waals surface area contributed by atoms with Crippen LogP contribution in [0.25, 0.3) is 0 Å². The summed E-state index contributed by atoms with van der Waals surface area (Å²) < 4.78 is 38.2. The van der Waals surface area contributed by atoms with Gasteiger partial charge in [0.05, 0.1) is 5.56 Å². The highest BCUT2D eigenvalue weighted by molar-refractivity contribution is 5.90. The topological polar surface area (TPSA) is 56.7 Å². The Labute approximate surface area is 166 Å². The van der Waals surface area contributed by atoms with Gasteiger partial charge < -0.3 is 10.2 Å². The van der Waals surface area contributed by atoms with E-state index >= 15 is 0 Å². The second kappa shape index (κ2) is 7.62. The molecule has 2 amide bonds. The maximum Gasteiger partial charge on any atom is 0.416 e. The largest absolute Gasteiger partial charge is 0.416 e. The lowest BCUT2D eigenvalue weighted by Gasteiger charge is -2.23. The molecule has 1 aliphatic rings. The maximum absolute atomic E-state index is 12.7. The third-order valence-electron chi connectivity index (χ3n) is 4.86. The van der Waals surface area contributed by atoms with Crippen molar-refractivity contribution in [2.24, 2.45) is 5.10 Å². The molecule has 0 fully saturated rings. The number of benzene rings is 2. The highest BCUT2D eigenvalue weighted by Crippen LogP contribution is 2.46. The van der Waals surface area contributed by atoms with Crippen molar-refractivity contribution in [2.45, 2.75) is 25.4 Å². The molecule has 0 unspecified atom stereocenters. The number of nitrogens with one attached hydrogen (secondary N) is 2. The summed E-state index contributed by atoms with van der Waals surface area (Å²) in [6.07, 6.45) is -1.23. The zero-order chi connectivity index (χ0) is 21.2. The van der Waals surface area contributed by atoms with Gasteiger partial charge in [-0.15, -0.1) is 0 Å². The van der Waals surface area contributed by atoms with Gasteiger partial charge in [0.1, 0.15) is 0 Å². The predicted octanol–water partition coefficient (Wildman–Crippen LogP) is 5.12. The van der Waals surface area contributed by atoms with Crippen LogP contribution in [0, 0.1) is 0 Å². The third kappa shape index (κ3) is 4.26. The number of para-hydroxylation sites is 1. The van der Waals surface area contributed by atoms with Gasteiger partial charge in [-0.25, -0.2) is 10.2 Å². The van der Waals surface area contributed by atoms with Gasteiger partial charge in [0, 0.05) is 35.7 Å². The van der Waals surface area contributed by atoms with Gasteiger partial charge >= 0.3 is 12.2 Å². The number of likely N-dealkylation sites (N-methyl/N-ethyl adjacent to an activating group) is 1. The highest BCUT2D eigenvalue weighted by atomic mass is 19.4. The average molecular weight is 402 g/mol. The summed E-state index contributed by atoms with van der Waals surface area (Å²) in [6.45, 7) is 4.20. The van der Waals surface area contributed by atoms with Gasteiger partial charge in [-0.2, -0.15) is 18.3 Å². The zero-order valence-corrected chi connectivity index (χ0v) is 16.2. The zero-order valence-electron chi connectivity index (χ0n) is 16.2. The Morgan fingerprint density at radius 3 is 2.55 bits per heavy atom. The van der Waals surface area contributed by atoms with E-state index in [1.165, 1.54) is 23.9 Å². The normalized spacial score (nSPS) is 16.9. The average Bonchev–Trinajstić information content (AvgIpc) is 2.85. The molecule has 8 heteroatoms. The standard InChI is InChI=1S/C21H21F3N4O/c1-20(2)16-9-4-5-10-17(16)28(3)18(20)11-12-25-27-19(29)26-15-8-6-7-14(13-15)21(22,23)24/h4-13H,1-3H3,(H2,26,27,29)/b18-11-,25-12+. The van der Waals surface area contributed by atoms with Gasteiger partial charge in [-0.05, 0) is 35.9 Å². The molecule has 152 valence electrons. The number of fused-ring (bicyclic) bond motifs is 1. The van der Waals surface area contributed by atoms with Gasteiger partial charge in [0.2, 0.25) is 0 Å². The van der Waals surface area contributed by atoms with E-state index in [-0.39, 0.29) is 11.1 Å². The molecule has 0 radical (unpaired) electrons. The van der Waals surface area contributed by atoms with E-state index in [0.717, 1.165) is 23.5 Å². The number of urea groups is 1. The molecule has 0 aliphatic carbocycles. The van der Waals surface area contributed by atoms with Gasteiger partial charge in [-0.3, -0.25) is 0 Å². The fraction of sp³-hybridized carbons (Fsp3) is 0.238. The molecule has 2 aromatic carbocycles. The fourth-order valence-corrected chi connectivity index (χ4v) is 3.44. The first-order valence-electron chi connectivity index (χ1n) is 8.92. The van der Waals surface area contributed by atoms with Gasteiger partial charge in [-0.1, -0.05) is 38.1 Å². The van der Waals surface area contributed by atoms with Crippen LogP contribution >= 0.6 is 0 Å². The molecule has 0 aromatic heterocycles. The van der Waals surface area contributed by atoms with Crippen LogP contribution in [-0.2, 0) is 11.6 Å². The Morgan fingerprint density at radius 2 is 1.86 bits per heavy atom. The van der Waals surface area contributed by atoms with E-state index in [2.05, 4.69) is 40.7 Å². The Hall–Kier alpha value is -3.29. The molecule has 0 saturated carbocycles. The summed E-state index contributed by atoms with van der Waals surface area (Å²) in [4.78, 5) is 14.0. The molecular formula is C21H21F3N4O. The Bertz CT molecular complexity index is 980. The second-order valence-electron chi connectivity index (χ2n) is 7.18. The summed E-state index contributed by atoms with van der Waals surface area (Å²) in [7, 11) is 1.96. The third-order valence-corrected chi connectivity index (χ3v) is 4.86. The van der Waals surface area contributed by atoms with E-state index < -0.39 is 17.8 Å². The van der Waals surface area contributed by atoms with Crippen molar-refractivity contribution in [3.05, 3.63) is 71.4 Å². The Morgan fingerprint density at radius 1 is 1.14 bits per heavy atom. The van der Waals surface area contributed by atoms with E-state index in [1.807, 2.05) is 25.2 Å². The van der Waals surface area contributed by atoms with Crippen LogP contribution in [0.5, 0.6) is 0 Å². The van der Waals surface area contributed by atoms with Crippen LogP contribution < -0.4 is 15.6 Å². The number of carbonyl (C=O) groups is 1. The van der Waals surface area contributed by atoms with E-state index in [0.29, 0.717) is 0 Å². The lowest BCUT2D eigenvalue weighted by molar-refractivity contribution is -0.137. The number of hydrogen-bond donors (Lipinski definition) is 2. The first kappa shape index (κ1) is 20.4. The number of rotatable bonds is 3. The minimum atomic E-state index is -4.48. The number of halogens is 3. The Balaban J connectivity index is 1.64. The summed E-state index contributed by atoms with van der Waals surface area (Å²) >= 11 is 0. The number of hydrogen-bond acceptors (Lipinski definition) is 3. The monoisotopic (exact) mass is 402 g/mol. The van der Waals surface area contributed by atoms with Crippen molar-refractivity contribution < 1.29 is 18.0 Å². The maximum atomic E-state index is 12.7. The molecule has 1 aliphatic heterocycles. The number of nitrogens with zero attached hydrogens (tertiary/aromatic N) is 2. The number of hydrazone groups is 1. The number of amides is 2. The minimum Gasteiger partial charge on any atom is -0.347 e. The Kier molecular flexibility index (Phi) is 5.37. The van der Waals surface area contributed by atoms with Crippen LogP contribution in [-0.4, -0.2) is 19.3 Å². The van der Waals surface area contributed by atoms with Crippen molar-refractivity contribution in [2.75, 3.05) is 17.3 Å². The van der Waals surface area contributed by atoms with Crippen molar-refractivity contribution in [1.29, 1.82) is 0 Å². The van der Waals surface area contributed by atoms with Crippen molar-refractivity contribution in [3.8, 4) is 0 Å². The lowest BCUT2D eigenvalue weighted by Crippen LogP contribution is -2.25. The molecule has 0 spiro atoms. The summed E-state index contributed by atoms with van der Waals surface area (Å²) in [5.74, 6) is 0.